The lowest BCUT2D eigenvalue weighted by Crippen LogP contribution is -2.43. The minimum Gasteiger partial charge on any atom is -0.478 e. The molecular formula is C17H22N2O4S. The number of nitrogens with one attached hydrogen (secondary N) is 1. The van der Waals surface area contributed by atoms with Crippen LogP contribution in [0.4, 0.5) is 5.00 Å². The van der Waals surface area contributed by atoms with Gasteiger partial charge in [-0.1, -0.05) is 6.92 Å². The highest BCUT2D eigenvalue weighted by molar-refractivity contribution is 7.17. The van der Waals surface area contributed by atoms with Crippen molar-refractivity contribution in [2.45, 2.75) is 45.4 Å². The van der Waals surface area contributed by atoms with Crippen LogP contribution in [0.1, 0.15) is 53.4 Å². The average Bonchev–Trinajstić information content (AvgIpc) is 2.92. The fourth-order valence-corrected chi connectivity index (χ4v) is 4.67. The SMILES string of the molecule is CC1CCN(C(=O)C(=O)Nc2sc3c(c2C(=O)O)CCCC3)CC1. The molecule has 0 radical (unpaired) electrons. The molecule has 0 bridgehead atoms. The van der Waals surface area contributed by atoms with Crippen LogP contribution in [0.25, 0.3) is 0 Å². The van der Waals surface area contributed by atoms with Crippen molar-refractivity contribution in [3.05, 3.63) is 16.0 Å². The number of aryl methyl sites for hydroxylation is 1. The maximum Gasteiger partial charge on any atom is 0.339 e. The Balaban J connectivity index is 1.75. The third kappa shape index (κ3) is 3.31. The molecule has 24 heavy (non-hydrogen) atoms. The standard InChI is InChI=1S/C17H22N2O4S/c1-10-6-8-19(9-7-10)16(21)14(20)18-15-13(17(22)23)11-4-2-3-5-12(11)24-15/h10H,2-9H2,1H3,(H,18,20)(H,22,23). The number of rotatable bonds is 2. The van der Waals surface area contributed by atoms with Crippen molar-refractivity contribution in [1.82, 2.24) is 4.90 Å². The van der Waals surface area contributed by atoms with E-state index in [2.05, 4.69) is 12.2 Å². The number of hydrogen-bond acceptors (Lipinski definition) is 4. The molecule has 3 rings (SSSR count). The van der Waals surface area contributed by atoms with E-state index in [1.807, 2.05) is 0 Å². The van der Waals surface area contributed by atoms with Gasteiger partial charge in [0.15, 0.2) is 0 Å². The summed E-state index contributed by atoms with van der Waals surface area (Å²) in [5.41, 5.74) is 0.997. The lowest BCUT2D eigenvalue weighted by Gasteiger charge is -2.29. The van der Waals surface area contributed by atoms with E-state index in [9.17, 15) is 19.5 Å². The lowest BCUT2D eigenvalue weighted by atomic mass is 9.95. The molecule has 1 aromatic heterocycles. The summed E-state index contributed by atoms with van der Waals surface area (Å²) in [5, 5.41) is 12.4. The summed E-state index contributed by atoms with van der Waals surface area (Å²) >= 11 is 1.30. The zero-order chi connectivity index (χ0) is 17.3. The molecule has 0 saturated carbocycles. The van der Waals surface area contributed by atoms with E-state index in [-0.39, 0.29) is 5.56 Å². The zero-order valence-electron chi connectivity index (χ0n) is 13.8. The summed E-state index contributed by atoms with van der Waals surface area (Å²) in [7, 11) is 0. The van der Waals surface area contributed by atoms with Crippen LogP contribution >= 0.6 is 11.3 Å². The van der Waals surface area contributed by atoms with Gasteiger partial charge >= 0.3 is 17.8 Å². The van der Waals surface area contributed by atoms with E-state index in [0.29, 0.717) is 24.0 Å². The first-order chi connectivity index (χ1) is 11.5. The van der Waals surface area contributed by atoms with Gasteiger partial charge < -0.3 is 15.3 Å². The second-order valence-electron chi connectivity index (χ2n) is 6.65. The van der Waals surface area contributed by atoms with E-state index in [1.165, 1.54) is 11.3 Å². The second-order valence-corrected chi connectivity index (χ2v) is 7.75. The summed E-state index contributed by atoms with van der Waals surface area (Å²) < 4.78 is 0. The Bertz CT molecular complexity index is 674. The molecule has 1 aliphatic carbocycles. The maximum absolute atomic E-state index is 12.3. The number of aromatic carboxylic acids is 1. The number of likely N-dealkylation sites (tertiary alicyclic amines) is 1. The topological polar surface area (TPSA) is 86.7 Å². The Morgan fingerprint density at radius 1 is 1.17 bits per heavy atom. The Kier molecular flexibility index (Phi) is 4.89. The highest BCUT2D eigenvalue weighted by Crippen LogP contribution is 2.38. The van der Waals surface area contributed by atoms with Gasteiger partial charge in [-0.25, -0.2) is 4.79 Å². The lowest BCUT2D eigenvalue weighted by molar-refractivity contribution is -0.144. The molecule has 2 N–H and O–H groups in total. The molecule has 2 amide bonds. The first-order valence-corrected chi connectivity index (χ1v) is 9.27. The summed E-state index contributed by atoms with van der Waals surface area (Å²) in [5.74, 6) is -1.76. The van der Waals surface area contributed by atoms with Crippen molar-refractivity contribution >= 4 is 34.1 Å². The number of thiophene rings is 1. The number of fused-ring (bicyclic) bond motifs is 1. The molecule has 2 aliphatic rings. The first-order valence-electron chi connectivity index (χ1n) is 8.45. The molecule has 1 fully saturated rings. The zero-order valence-corrected chi connectivity index (χ0v) is 14.6. The van der Waals surface area contributed by atoms with Gasteiger partial charge in [-0.2, -0.15) is 0 Å². The molecule has 1 aliphatic heterocycles. The normalized spacial score (nSPS) is 18.1. The molecule has 0 unspecified atom stereocenters. The van der Waals surface area contributed by atoms with E-state index >= 15 is 0 Å². The van der Waals surface area contributed by atoms with Crippen molar-refractivity contribution in [2.75, 3.05) is 18.4 Å². The fraction of sp³-hybridized carbons (Fsp3) is 0.588. The van der Waals surface area contributed by atoms with Gasteiger partial charge in [0.1, 0.15) is 5.00 Å². The number of carboxylic acid groups (broad SMARTS) is 1. The fourth-order valence-electron chi connectivity index (χ4n) is 3.39. The van der Waals surface area contributed by atoms with Crippen LogP contribution in [0.2, 0.25) is 0 Å². The van der Waals surface area contributed by atoms with Crippen molar-refractivity contribution < 1.29 is 19.5 Å². The summed E-state index contributed by atoms with van der Waals surface area (Å²) in [4.78, 5) is 38.8. The van der Waals surface area contributed by atoms with Gasteiger partial charge in [0.25, 0.3) is 0 Å². The van der Waals surface area contributed by atoms with Crippen molar-refractivity contribution in [2.24, 2.45) is 5.92 Å². The van der Waals surface area contributed by atoms with E-state index < -0.39 is 17.8 Å². The molecule has 6 nitrogen and oxygen atoms in total. The Hall–Kier alpha value is -1.89. The van der Waals surface area contributed by atoms with E-state index in [4.69, 9.17) is 0 Å². The number of carbonyl (C=O) groups is 3. The smallest absolute Gasteiger partial charge is 0.339 e. The molecule has 2 heterocycles. The van der Waals surface area contributed by atoms with E-state index in [0.717, 1.165) is 49.0 Å². The third-order valence-electron chi connectivity index (χ3n) is 4.88. The van der Waals surface area contributed by atoms with Crippen LogP contribution in [-0.2, 0) is 22.4 Å². The first kappa shape index (κ1) is 17.0. The number of hydrogen-bond donors (Lipinski definition) is 2. The van der Waals surface area contributed by atoms with Gasteiger partial charge in [0, 0.05) is 18.0 Å². The predicted molar refractivity (Wildman–Crippen MR) is 91.5 cm³/mol. The highest BCUT2D eigenvalue weighted by Gasteiger charge is 2.30. The molecular weight excluding hydrogens is 328 g/mol. The largest absolute Gasteiger partial charge is 0.478 e. The Morgan fingerprint density at radius 2 is 1.83 bits per heavy atom. The minimum absolute atomic E-state index is 0.170. The molecule has 1 aromatic rings. The Morgan fingerprint density at radius 3 is 2.50 bits per heavy atom. The molecule has 0 aromatic carbocycles. The number of anilines is 1. The molecule has 0 atom stereocenters. The van der Waals surface area contributed by atoms with Crippen LogP contribution in [0.15, 0.2) is 0 Å². The number of carbonyl (C=O) groups excluding carboxylic acids is 2. The van der Waals surface area contributed by atoms with Gasteiger partial charge in [0.05, 0.1) is 5.56 Å². The van der Waals surface area contributed by atoms with Crippen LogP contribution in [0, 0.1) is 5.92 Å². The molecule has 7 heteroatoms. The average molecular weight is 350 g/mol. The van der Waals surface area contributed by atoms with Crippen LogP contribution < -0.4 is 5.32 Å². The third-order valence-corrected chi connectivity index (χ3v) is 6.08. The van der Waals surface area contributed by atoms with Gasteiger partial charge in [-0.3, -0.25) is 9.59 Å². The monoisotopic (exact) mass is 350 g/mol. The van der Waals surface area contributed by atoms with E-state index in [1.54, 1.807) is 4.90 Å². The van der Waals surface area contributed by atoms with Crippen molar-refractivity contribution in [1.29, 1.82) is 0 Å². The predicted octanol–water partition coefficient (Wildman–Crippen LogP) is 2.52. The summed E-state index contributed by atoms with van der Waals surface area (Å²) in [6, 6.07) is 0. The number of piperidine rings is 1. The molecule has 0 spiro atoms. The minimum atomic E-state index is -1.04. The number of carboxylic acids is 1. The number of nitrogens with zero attached hydrogens (tertiary/aromatic N) is 1. The van der Waals surface area contributed by atoms with Gasteiger partial charge in [0.2, 0.25) is 0 Å². The summed E-state index contributed by atoms with van der Waals surface area (Å²) in [6.07, 6.45) is 5.35. The van der Waals surface area contributed by atoms with Crippen LogP contribution in [0.5, 0.6) is 0 Å². The maximum atomic E-state index is 12.3. The van der Waals surface area contributed by atoms with Gasteiger partial charge in [-0.05, 0) is 50.0 Å². The quantitative estimate of drug-likeness (QED) is 0.803. The second kappa shape index (κ2) is 6.93. The molecule has 1 saturated heterocycles. The van der Waals surface area contributed by atoms with Crippen LogP contribution in [0.3, 0.4) is 0 Å². The van der Waals surface area contributed by atoms with Gasteiger partial charge in [-0.15, -0.1) is 11.3 Å². The Labute approximate surface area is 144 Å². The van der Waals surface area contributed by atoms with Crippen molar-refractivity contribution in [3.8, 4) is 0 Å². The highest BCUT2D eigenvalue weighted by atomic mass is 32.1. The van der Waals surface area contributed by atoms with Crippen molar-refractivity contribution in [3.63, 3.8) is 0 Å². The molecule has 130 valence electrons. The van der Waals surface area contributed by atoms with Crippen LogP contribution in [-0.4, -0.2) is 40.9 Å². The summed E-state index contributed by atoms with van der Waals surface area (Å²) in [6.45, 7) is 3.30. The number of amides is 2.